The smallest absolute Gasteiger partial charge is 0.263 e. The summed E-state index contributed by atoms with van der Waals surface area (Å²) in [5.41, 5.74) is 3.19. The van der Waals surface area contributed by atoms with Crippen molar-refractivity contribution in [1.29, 1.82) is 0 Å². The Kier molecular flexibility index (Phi) is 7.35. The number of fused-ring (bicyclic) bond motifs is 1. The molecule has 0 saturated carbocycles. The molecule has 2 N–H and O–H groups in total. The van der Waals surface area contributed by atoms with E-state index in [1.54, 1.807) is 56.7 Å². The second-order valence-corrected chi connectivity index (χ2v) is 9.62. The fourth-order valence-corrected chi connectivity index (χ4v) is 4.43. The maximum absolute atomic E-state index is 13.4. The molecular formula is C26H27N5O4S. The van der Waals surface area contributed by atoms with Crippen LogP contribution in [0.5, 0.6) is 11.5 Å². The second-order valence-electron chi connectivity index (χ2n) is 7.94. The molecule has 0 aliphatic rings. The molecule has 9 nitrogen and oxygen atoms in total. The van der Waals surface area contributed by atoms with E-state index in [-0.39, 0.29) is 16.5 Å². The number of hydrogen-bond donors (Lipinski definition) is 2. The van der Waals surface area contributed by atoms with Crippen molar-refractivity contribution >= 4 is 49.8 Å². The molecule has 0 atom stereocenters. The van der Waals surface area contributed by atoms with Gasteiger partial charge in [-0.2, -0.15) is 0 Å². The number of ether oxygens (including phenoxy) is 2. The normalized spacial score (nSPS) is 11.8. The van der Waals surface area contributed by atoms with Crippen molar-refractivity contribution in [1.82, 2.24) is 9.97 Å². The van der Waals surface area contributed by atoms with Crippen molar-refractivity contribution in [3.05, 3.63) is 66.7 Å². The number of nitrogens with zero attached hydrogens (tertiary/aromatic N) is 3. The van der Waals surface area contributed by atoms with E-state index in [1.807, 2.05) is 26.0 Å². The third-order valence-electron chi connectivity index (χ3n) is 5.38. The van der Waals surface area contributed by atoms with Crippen LogP contribution in [0.15, 0.2) is 76.6 Å². The Balaban J connectivity index is 1.76. The fourth-order valence-electron chi connectivity index (χ4n) is 3.38. The van der Waals surface area contributed by atoms with Gasteiger partial charge in [0.15, 0.2) is 11.6 Å². The van der Waals surface area contributed by atoms with Gasteiger partial charge in [0.2, 0.25) is 0 Å². The number of nitrogens with one attached hydrogen (secondary N) is 2. The van der Waals surface area contributed by atoms with Crippen LogP contribution in [0, 0.1) is 0 Å². The Morgan fingerprint density at radius 1 is 0.889 bits per heavy atom. The SMILES string of the molecule is CCC(C)=Nc1cccc(S(=O)(=O)Nc2nc3ccccc3nc2Nc2cc(OC)cc(OC)c2)c1. The zero-order valence-electron chi connectivity index (χ0n) is 20.4. The summed E-state index contributed by atoms with van der Waals surface area (Å²) in [5, 5.41) is 3.15. The molecule has 3 aromatic carbocycles. The van der Waals surface area contributed by atoms with E-state index in [4.69, 9.17) is 9.47 Å². The topological polar surface area (TPSA) is 115 Å². The highest BCUT2D eigenvalue weighted by Gasteiger charge is 2.20. The number of anilines is 3. The number of para-hydroxylation sites is 2. The van der Waals surface area contributed by atoms with Crippen LogP contribution in [0.25, 0.3) is 11.0 Å². The molecule has 0 saturated heterocycles. The molecular weight excluding hydrogens is 478 g/mol. The second kappa shape index (κ2) is 10.6. The van der Waals surface area contributed by atoms with E-state index in [9.17, 15) is 8.42 Å². The third kappa shape index (κ3) is 5.72. The van der Waals surface area contributed by atoms with Crippen molar-refractivity contribution in [2.75, 3.05) is 24.3 Å². The Bertz CT molecular complexity index is 1510. The Morgan fingerprint density at radius 2 is 1.53 bits per heavy atom. The molecule has 0 aliphatic carbocycles. The van der Waals surface area contributed by atoms with E-state index < -0.39 is 10.0 Å². The first-order chi connectivity index (χ1) is 17.3. The summed E-state index contributed by atoms with van der Waals surface area (Å²) < 4.78 is 40.0. The van der Waals surface area contributed by atoms with E-state index in [0.29, 0.717) is 33.9 Å². The highest BCUT2D eigenvalue weighted by Crippen LogP contribution is 2.31. The zero-order valence-corrected chi connectivity index (χ0v) is 21.3. The number of benzene rings is 3. The van der Waals surface area contributed by atoms with Crippen LogP contribution in [0.2, 0.25) is 0 Å². The lowest BCUT2D eigenvalue weighted by Crippen LogP contribution is -2.16. The van der Waals surface area contributed by atoms with Gasteiger partial charge in [-0.15, -0.1) is 0 Å². The van der Waals surface area contributed by atoms with Gasteiger partial charge in [-0.05, 0) is 43.7 Å². The number of rotatable bonds is 9. The molecule has 1 aromatic heterocycles. The molecule has 0 amide bonds. The predicted molar refractivity (Wildman–Crippen MR) is 143 cm³/mol. The van der Waals surface area contributed by atoms with Crippen molar-refractivity contribution < 1.29 is 17.9 Å². The van der Waals surface area contributed by atoms with Crippen LogP contribution >= 0.6 is 0 Å². The number of sulfonamides is 1. The first kappa shape index (κ1) is 24.9. The van der Waals surface area contributed by atoms with Gasteiger partial charge in [0.1, 0.15) is 11.5 Å². The monoisotopic (exact) mass is 505 g/mol. The maximum atomic E-state index is 13.4. The summed E-state index contributed by atoms with van der Waals surface area (Å²) in [4.78, 5) is 13.7. The van der Waals surface area contributed by atoms with E-state index in [0.717, 1.165) is 12.1 Å². The first-order valence-electron chi connectivity index (χ1n) is 11.2. The zero-order chi connectivity index (χ0) is 25.7. The number of hydrogen-bond acceptors (Lipinski definition) is 8. The van der Waals surface area contributed by atoms with E-state index >= 15 is 0 Å². The average Bonchev–Trinajstić information content (AvgIpc) is 2.88. The summed E-state index contributed by atoms with van der Waals surface area (Å²) >= 11 is 0. The standard InChI is InChI=1S/C26H27N5O4S/c1-5-17(2)27-18-9-8-10-22(15-18)36(32,33)31-26-25(29-23-11-6-7-12-24(23)30-26)28-19-13-20(34-3)16-21(14-19)35-4/h6-16H,5H2,1-4H3,(H,28,29)(H,30,31). The highest BCUT2D eigenvalue weighted by atomic mass is 32.2. The van der Waals surface area contributed by atoms with Crippen molar-refractivity contribution in [2.45, 2.75) is 25.2 Å². The minimum absolute atomic E-state index is 0.0501. The molecule has 4 aromatic rings. The molecule has 4 rings (SSSR count). The lowest BCUT2D eigenvalue weighted by Gasteiger charge is -2.15. The van der Waals surface area contributed by atoms with Gasteiger partial charge in [0, 0.05) is 29.6 Å². The lowest BCUT2D eigenvalue weighted by molar-refractivity contribution is 0.395. The molecule has 0 radical (unpaired) electrons. The molecule has 0 fully saturated rings. The maximum Gasteiger partial charge on any atom is 0.263 e. The van der Waals surface area contributed by atoms with Gasteiger partial charge in [-0.25, -0.2) is 18.4 Å². The summed E-state index contributed by atoms with van der Waals surface area (Å²) in [6.45, 7) is 3.89. The van der Waals surface area contributed by atoms with Gasteiger partial charge >= 0.3 is 0 Å². The van der Waals surface area contributed by atoms with Gasteiger partial charge in [0.05, 0.1) is 35.8 Å². The molecule has 186 valence electrons. The third-order valence-corrected chi connectivity index (χ3v) is 6.71. The number of aliphatic imine (C=N–C) groups is 1. The van der Waals surface area contributed by atoms with E-state index in [2.05, 4.69) is 25.0 Å². The molecule has 0 unspecified atom stereocenters. The Morgan fingerprint density at radius 3 is 2.14 bits per heavy atom. The van der Waals surface area contributed by atoms with Crippen LogP contribution in [0.4, 0.5) is 23.0 Å². The number of aromatic nitrogens is 2. The molecule has 0 spiro atoms. The van der Waals surface area contributed by atoms with Gasteiger partial charge in [0.25, 0.3) is 10.0 Å². The summed E-state index contributed by atoms with van der Waals surface area (Å²) in [6, 6.07) is 18.9. The first-order valence-corrected chi connectivity index (χ1v) is 12.7. The van der Waals surface area contributed by atoms with Crippen molar-refractivity contribution in [3.63, 3.8) is 0 Å². The molecule has 0 aliphatic heterocycles. The fraction of sp³-hybridized carbons (Fsp3) is 0.192. The summed E-state index contributed by atoms with van der Waals surface area (Å²) in [7, 11) is -0.899. The van der Waals surface area contributed by atoms with Gasteiger partial charge in [-0.3, -0.25) is 9.71 Å². The Labute approximate surface area is 210 Å². The lowest BCUT2D eigenvalue weighted by atomic mass is 10.2. The van der Waals surface area contributed by atoms with Gasteiger partial charge in [-0.1, -0.05) is 25.1 Å². The van der Waals surface area contributed by atoms with Crippen LogP contribution in [-0.4, -0.2) is 38.3 Å². The quantitative estimate of drug-likeness (QED) is 0.281. The molecule has 1 heterocycles. The molecule has 0 bridgehead atoms. The number of methoxy groups -OCH3 is 2. The Hall–Kier alpha value is -4.18. The van der Waals surface area contributed by atoms with Crippen LogP contribution < -0.4 is 19.5 Å². The average molecular weight is 506 g/mol. The largest absolute Gasteiger partial charge is 0.497 e. The summed E-state index contributed by atoms with van der Waals surface area (Å²) in [5.74, 6) is 1.40. The predicted octanol–water partition coefficient (Wildman–Crippen LogP) is 5.69. The van der Waals surface area contributed by atoms with Crippen molar-refractivity contribution in [3.8, 4) is 11.5 Å². The summed E-state index contributed by atoms with van der Waals surface area (Å²) in [6.07, 6.45) is 0.770. The minimum Gasteiger partial charge on any atom is -0.497 e. The highest BCUT2D eigenvalue weighted by molar-refractivity contribution is 7.92. The molecule has 36 heavy (non-hydrogen) atoms. The van der Waals surface area contributed by atoms with E-state index in [1.165, 1.54) is 12.1 Å². The minimum atomic E-state index is -4.00. The molecule has 10 heteroatoms. The van der Waals surface area contributed by atoms with Crippen LogP contribution in [0.1, 0.15) is 20.3 Å². The van der Waals surface area contributed by atoms with Crippen molar-refractivity contribution in [2.24, 2.45) is 4.99 Å². The van der Waals surface area contributed by atoms with Gasteiger partial charge < -0.3 is 14.8 Å². The van der Waals surface area contributed by atoms with Crippen LogP contribution in [-0.2, 0) is 10.0 Å². The van der Waals surface area contributed by atoms with Crippen LogP contribution in [0.3, 0.4) is 0 Å².